The second-order valence-corrected chi connectivity index (χ2v) is 8.56. The van der Waals surface area contributed by atoms with Gasteiger partial charge in [0.1, 0.15) is 17.3 Å². The third-order valence-electron chi connectivity index (χ3n) is 5.71. The number of nitrogens with one attached hydrogen (secondary N) is 1. The standard InChI is InChI=1S/C28H33N3O5/c1-2-3-4-5-6-7-8-9-19-35-25-15-13-22(14-16-25)28(32)30-29-21-26-17-18-27(36-26)23-11-10-12-24(20-23)31(33)34/h10-18,20-21H,2-9,19H2,1H3,(H,30,32). The van der Waals surface area contributed by atoms with Crippen LogP contribution in [0, 0.1) is 10.1 Å². The molecule has 1 N–H and O–H groups in total. The molecule has 0 bridgehead atoms. The molecular weight excluding hydrogens is 458 g/mol. The number of ether oxygens (including phenoxy) is 1. The summed E-state index contributed by atoms with van der Waals surface area (Å²) in [6.07, 6.45) is 11.4. The van der Waals surface area contributed by atoms with Crippen molar-refractivity contribution in [3.05, 3.63) is 82.1 Å². The molecular formula is C28H33N3O5. The van der Waals surface area contributed by atoms with Gasteiger partial charge in [-0.15, -0.1) is 0 Å². The van der Waals surface area contributed by atoms with Crippen molar-refractivity contribution in [2.24, 2.45) is 5.10 Å². The van der Waals surface area contributed by atoms with Crippen LogP contribution in [-0.2, 0) is 0 Å². The summed E-state index contributed by atoms with van der Waals surface area (Å²) in [7, 11) is 0. The number of rotatable bonds is 15. The van der Waals surface area contributed by atoms with Gasteiger partial charge in [-0.25, -0.2) is 5.43 Å². The number of carbonyl (C=O) groups excluding carboxylic acids is 1. The summed E-state index contributed by atoms with van der Waals surface area (Å²) in [5.41, 5.74) is 3.49. The van der Waals surface area contributed by atoms with Gasteiger partial charge in [0.2, 0.25) is 0 Å². The summed E-state index contributed by atoms with van der Waals surface area (Å²) in [4.78, 5) is 22.8. The summed E-state index contributed by atoms with van der Waals surface area (Å²) in [6.45, 7) is 2.90. The van der Waals surface area contributed by atoms with Gasteiger partial charge in [0, 0.05) is 23.3 Å². The molecule has 0 saturated carbocycles. The zero-order chi connectivity index (χ0) is 25.6. The normalized spacial score (nSPS) is 11.0. The quantitative estimate of drug-likeness (QED) is 0.105. The van der Waals surface area contributed by atoms with Crippen LogP contribution in [0.1, 0.15) is 74.4 Å². The molecule has 0 aliphatic rings. The molecule has 8 heteroatoms. The summed E-state index contributed by atoms with van der Waals surface area (Å²) >= 11 is 0. The zero-order valence-corrected chi connectivity index (χ0v) is 20.7. The van der Waals surface area contributed by atoms with E-state index in [0.717, 1.165) is 12.2 Å². The van der Waals surface area contributed by atoms with E-state index in [-0.39, 0.29) is 11.6 Å². The van der Waals surface area contributed by atoms with Gasteiger partial charge in [0.15, 0.2) is 0 Å². The summed E-state index contributed by atoms with van der Waals surface area (Å²) < 4.78 is 11.4. The number of nitrogens with zero attached hydrogens (tertiary/aromatic N) is 2. The number of furan rings is 1. The van der Waals surface area contributed by atoms with E-state index in [1.54, 1.807) is 48.5 Å². The van der Waals surface area contributed by atoms with Crippen molar-refractivity contribution in [1.29, 1.82) is 0 Å². The number of unbranched alkanes of at least 4 members (excludes halogenated alkanes) is 7. The highest BCUT2D eigenvalue weighted by Crippen LogP contribution is 2.25. The van der Waals surface area contributed by atoms with Gasteiger partial charge in [-0.3, -0.25) is 14.9 Å². The van der Waals surface area contributed by atoms with E-state index in [9.17, 15) is 14.9 Å². The maximum atomic E-state index is 12.3. The van der Waals surface area contributed by atoms with Crippen LogP contribution >= 0.6 is 0 Å². The fraction of sp³-hybridized carbons (Fsp3) is 0.357. The molecule has 1 amide bonds. The Bertz CT molecular complexity index is 1140. The number of hydrogen-bond acceptors (Lipinski definition) is 6. The highest BCUT2D eigenvalue weighted by molar-refractivity contribution is 5.94. The van der Waals surface area contributed by atoms with E-state index in [1.165, 1.54) is 63.3 Å². The lowest BCUT2D eigenvalue weighted by Crippen LogP contribution is -2.17. The SMILES string of the molecule is CCCCCCCCCCOc1ccc(C(=O)NN=Cc2ccc(-c3cccc([N+](=O)[O-])c3)o2)cc1. The van der Waals surface area contributed by atoms with Crippen molar-refractivity contribution in [3.63, 3.8) is 0 Å². The minimum atomic E-state index is -0.458. The first-order valence-corrected chi connectivity index (χ1v) is 12.5. The molecule has 0 atom stereocenters. The largest absolute Gasteiger partial charge is 0.494 e. The van der Waals surface area contributed by atoms with Crippen LogP contribution in [0.3, 0.4) is 0 Å². The first-order chi connectivity index (χ1) is 17.6. The molecule has 3 rings (SSSR count). The number of nitro benzene ring substituents is 1. The number of carbonyl (C=O) groups is 1. The Kier molecular flexibility index (Phi) is 10.7. The highest BCUT2D eigenvalue weighted by atomic mass is 16.6. The Balaban J connectivity index is 1.39. The first-order valence-electron chi connectivity index (χ1n) is 12.5. The highest BCUT2D eigenvalue weighted by Gasteiger charge is 2.10. The van der Waals surface area contributed by atoms with Gasteiger partial charge in [0.05, 0.1) is 17.7 Å². The van der Waals surface area contributed by atoms with Crippen molar-refractivity contribution >= 4 is 17.8 Å². The van der Waals surface area contributed by atoms with Gasteiger partial charge >= 0.3 is 0 Å². The number of hydrazone groups is 1. The zero-order valence-electron chi connectivity index (χ0n) is 20.7. The molecule has 8 nitrogen and oxygen atoms in total. The summed E-state index contributed by atoms with van der Waals surface area (Å²) in [5, 5.41) is 14.9. The van der Waals surface area contributed by atoms with E-state index in [1.807, 2.05) is 0 Å². The van der Waals surface area contributed by atoms with Gasteiger partial charge in [-0.1, -0.05) is 64.0 Å². The second kappa shape index (κ2) is 14.5. The maximum absolute atomic E-state index is 12.3. The Morgan fingerprint density at radius 1 is 1.00 bits per heavy atom. The Morgan fingerprint density at radius 3 is 2.44 bits per heavy atom. The lowest BCUT2D eigenvalue weighted by molar-refractivity contribution is -0.384. The van der Waals surface area contributed by atoms with Crippen LogP contribution in [0.5, 0.6) is 5.75 Å². The summed E-state index contributed by atoms with van der Waals surface area (Å²) in [5.74, 6) is 1.25. The molecule has 190 valence electrons. The van der Waals surface area contributed by atoms with E-state index in [4.69, 9.17) is 9.15 Å². The van der Waals surface area contributed by atoms with E-state index in [0.29, 0.717) is 29.3 Å². The fourth-order valence-electron chi connectivity index (χ4n) is 3.70. The minimum absolute atomic E-state index is 0.0176. The first kappa shape index (κ1) is 26.7. The van der Waals surface area contributed by atoms with E-state index < -0.39 is 4.92 Å². The smallest absolute Gasteiger partial charge is 0.271 e. The van der Waals surface area contributed by atoms with Gasteiger partial charge < -0.3 is 9.15 Å². The lowest BCUT2D eigenvalue weighted by Gasteiger charge is -2.07. The number of hydrogen-bond donors (Lipinski definition) is 1. The summed E-state index contributed by atoms with van der Waals surface area (Å²) in [6, 6.07) is 16.5. The molecule has 2 aromatic carbocycles. The van der Waals surface area contributed by atoms with Gasteiger partial charge in [0.25, 0.3) is 11.6 Å². The predicted octanol–water partition coefficient (Wildman–Crippen LogP) is 7.14. The molecule has 0 saturated heterocycles. The van der Waals surface area contributed by atoms with Crippen molar-refractivity contribution < 1.29 is 18.9 Å². The van der Waals surface area contributed by atoms with E-state index in [2.05, 4.69) is 17.5 Å². The molecule has 0 aliphatic carbocycles. The number of amides is 1. The number of nitro groups is 1. The Hall–Kier alpha value is -3.94. The monoisotopic (exact) mass is 491 g/mol. The second-order valence-electron chi connectivity index (χ2n) is 8.56. The van der Waals surface area contributed by atoms with Crippen LogP contribution in [-0.4, -0.2) is 23.7 Å². The molecule has 0 fully saturated rings. The van der Waals surface area contributed by atoms with Crippen molar-refractivity contribution in [2.45, 2.75) is 58.3 Å². The van der Waals surface area contributed by atoms with Crippen molar-refractivity contribution in [2.75, 3.05) is 6.61 Å². The molecule has 1 heterocycles. The van der Waals surface area contributed by atoms with Crippen LogP contribution in [0.25, 0.3) is 11.3 Å². The third-order valence-corrected chi connectivity index (χ3v) is 5.71. The van der Waals surface area contributed by atoms with Crippen LogP contribution in [0.15, 0.2) is 70.2 Å². The van der Waals surface area contributed by atoms with Gasteiger partial charge in [-0.05, 0) is 42.8 Å². The average molecular weight is 492 g/mol. The topological polar surface area (TPSA) is 107 Å². The molecule has 36 heavy (non-hydrogen) atoms. The molecule has 0 spiro atoms. The number of non-ortho nitro benzene ring substituents is 1. The maximum Gasteiger partial charge on any atom is 0.271 e. The van der Waals surface area contributed by atoms with Crippen molar-refractivity contribution in [3.8, 4) is 17.1 Å². The third kappa shape index (κ3) is 8.69. The van der Waals surface area contributed by atoms with Crippen LogP contribution < -0.4 is 10.2 Å². The molecule has 1 aromatic heterocycles. The van der Waals surface area contributed by atoms with Crippen LogP contribution in [0.4, 0.5) is 5.69 Å². The minimum Gasteiger partial charge on any atom is -0.494 e. The molecule has 3 aromatic rings. The Morgan fingerprint density at radius 2 is 1.72 bits per heavy atom. The van der Waals surface area contributed by atoms with Gasteiger partial charge in [-0.2, -0.15) is 5.10 Å². The number of benzene rings is 2. The molecule has 0 aliphatic heterocycles. The van der Waals surface area contributed by atoms with Crippen molar-refractivity contribution in [1.82, 2.24) is 5.43 Å². The van der Waals surface area contributed by atoms with E-state index >= 15 is 0 Å². The average Bonchev–Trinajstić information content (AvgIpc) is 3.37. The molecule has 0 radical (unpaired) electrons. The lowest BCUT2D eigenvalue weighted by atomic mass is 10.1. The van der Waals surface area contributed by atoms with Crippen LogP contribution in [0.2, 0.25) is 0 Å². The Labute approximate surface area is 211 Å². The fourth-order valence-corrected chi connectivity index (χ4v) is 3.70. The predicted molar refractivity (Wildman–Crippen MR) is 140 cm³/mol. The molecule has 0 unspecified atom stereocenters.